The molecule has 4 nitrogen and oxygen atoms in total. The van der Waals surface area contributed by atoms with Gasteiger partial charge in [0.2, 0.25) is 13.3 Å². The summed E-state index contributed by atoms with van der Waals surface area (Å²) in [5.41, 5.74) is 0. The van der Waals surface area contributed by atoms with Gasteiger partial charge in [0.05, 0.1) is 13.0 Å². The van der Waals surface area contributed by atoms with Crippen molar-refractivity contribution >= 4 is 13.3 Å². The minimum absolute atomic E-state index is 0.0611. The lowest BCUT2D eigenvalue weighted by Gasteiger charge is -2.33. The van der Waals surface area contributed by atoms with Crippen molar-refractivity contribution in [1.29, 1.82) is 0 Å². The predicted molar refractivity (Wildman–Crippen MR) is 50.8 cm³/mol. The number of hydrogen-bond donors (Lipinski definition) is 1. The molecule has 0 spiro atoms. The van der Waals surface area contributed by atoms with E-state index in [0.717, 1.165) is 0 Å². The van der Waals surface area contributed by atoms with E-state index >= 15 is 0 Å². The molecule has 0 aliphatic carbocycles. The second-order valence-electron chi connectivity index (χ2n) is 2.90. The summed E-state index contributed by atoms with van der Waals surface area (Å²) >= 11 is 0. The van der Waals surface area contributed by atoms with Crippen LogP contribution in [0.25, 0.3) is 0 Å². The van der Waals surface area contributed by atoms with Crippen LogP contribution in [-0.2, 0) is 13.9 Å². The Morgan fingerprint density at radius 1 is 1.85 bits per heavy atom. The third-order valence-corrected chi connectivity index (χ3v) is 4.64. The molecule has 0 aromatic rings. The van der Waals surface area contributed by atoms with Crippen LogP contribution in [0.5, 0.6) is 0 Å². The SMILES string of the molecule is C=CCP(=O)(OCC)C1CC(=O)N1. The summed E-state index contributed by atoms with van der Waals surface area (Å²) in [6.45, 7) is 5.71. The zero-order valence-electron chi connectivity index (χ0n) is 7.66. The van der Waals surface area contributed by atoms with E-state index in [4.69, 9.17) is 4.52 Å². The molecule has 1 fully saturated rings. The summed E-state index contributed by atoms with van der Waals surface area (Å²) in [6.07, 6.45) is 2.21. The van der Waals surface area contributed by atoms with E-state index in [9.17, 15) is 9.36 Å². The van der Waals surface area contributed by atoms with Crippen LogP contribution in [0.15, 0.2) is 12.7 Å². The van der Waals surface area contributed by atoms with Crippen molar-refractivity contribution in [2.75, 3.05) is 12.8 Å². The molecule has 1 heterocycles. The molecular weight excluding hydrogens is 189 g/mol. The summed E-state index contributed by atoms with van der Waals surface area (Å²) < 4.78 is 17.2. The highest BCUT2D eigenvalue weighted by Gasteiger charge is 2.41. The summed E-state index contributed by atoms with van der Waals surface area (Å²) in [5.74, 6) is -0.355. The van der Waals surface area contributed by atoms with Gasteiger partial charge < -0.3 is 9.84 Å². The largest absolute Gasteiger partial charge is 0.343 e. The van der Waals surface area contributed by atoms with Gasteiger partial charge in [-0.1, -0.05) is 6.08 Å². The molecule has 5 heteroatoms. The van der Waals surface area contributed by atoms with E-state index in [1.165, 1.54) is 0 Å². The molecule has 1 aliphatic heterocycles. The van der Waals surface area contributed by atoms with Gasteiger partial charge in [0.25, 0.3) is 0 Å². The molecule has 1 aliphatic rings. The third-order valence-electron chi connectivity index (χ3n) is 1.91. The number of β-lactam (4-membered cyclic amide) rings is 1. The molecule has 0 aromatic carbocycles. The lowest BCUT2D eigenvalue weighted by molar-refractivity contribution is -0.126. The van der Waals surface area contributed by atoms with Crippen molar-refractivity contribution < 1.29 is 13.9 Å². The van der Waals surface area contributed by atoms with Gasteiger partial charge in [-0.25, -0.2) is 0 Å². The molecule has 1 amide bonds. The molecule has 2 unspecified atom stereocenters. The number of allylic oxidation sites excluding steroid dienone is 1. The van der Waals surface area contributed by atoms with Crippen molar-refractivity contribution in [2.45, 2.75) is 19.1 Å². The smallest absolute Gasteiger partial charge is 0.228 e. The molecule has 74 valence electrons. The van der Waals surface area contributed by atoms with Gasteiger partial charge >= 0.3 is 0 Å². The molecule has 2 atom stereocenters. The lowest BCUT2D eigenvalue weighted by atomic mass is 10.3. The number of rotatable bonds is 5. The maximum Gasteiger partial charge on any atom is 0.228 e. The van der Waals surface area contributed by atoms with Gasteiger partial charge in [-0.2, -0.15) is 0 Å². The Balaban J connectivity index is 2.61. The van der Waals surface area contributed by atoms with Gasteiger partial charge in [-0.15, -0.1) is 6.58 Å². The first-order chi connectivity index (χ1) is 6.12. The molecule has 1 N–H and O–H groups in total. The Labute approximate surface area is 77.8 Å². The highest BCUT2D eigenvalue weighted by molar-refractivity contribution is 7.60. The Morgan fingerprint density at radius 2 is 2.46 bits per heavy atom. The number of amides is 1. The van der Waals surface area contributed by atoms with Crippen LogP contribution in [0.1, 0.15) is 13.3 Å². The molecule has 0 saturated carbocycles. The van der Waals surface area contributed by atoms with E-state index in [1.54, 1.807) is 13.0 Å². The van der Waals surface area contributed by atoms with E-state index < -0.39 is 7.37 Å². The molecule has 0 bridgehead atoms. The second kappa shape index (κ2) is 4.07. The summed E-state index contributed by atoms with van der Waals surface area (Å²) in [7, 11) is -2.71. The van der Waals surface area contributed by atoms with Crippen LogP contribution in [0, 0.1) is 0 Å². The van der Waals surface area contributed by atoms with Crippen molar-refractivity contribution in [3.63, 3.8) is 0 Å². The average Bonchev–Trinajstić information content (AvgIpc) is 2.00. The number of carbonyl (C=O) groups excluding carboxylic acids is 1. The second-order valence-corrected chi connectivity index (χ2v) is 5.60. The van der Waals surface area contributed by atoms with Crippen molar-refractivity contribution in [3.05, 3.63) is 12.7 Å². The van der Waals surface area contributed by atoms with Crippen LogP contribution in [0.3, 0.4) is 0 Å². The van der Waals surface area contributed by atoms with Crippen LogP contribution < -0.4 is 5.32 Å². The molecule has 0 aromatic heterocycles. The minimum Gasteiger partial charge on any atom is -0.343 e. The van der Waals surface area contributed by atoms with Crippen molar-refractivity contribution in [2.24, 2.45) is 0 Å². The van der Waals surface area contributed by atoms with Gasteiger partial charge in [-0.3, -0.25) is 9.36 Å². The van der Waals surface area contributed by atoms with Crippen LogP contribution in [-0.4, -0.2) is 24.5 Å². The summed E-state index contributed by atoms with van der Waals surface area (Å²) in [4.78, 5) is 10.7. The number of nitrogens with one attached hydrogen (secondary N) is 1. The van der Waals surface area contributed by atoms with Crippen LogP contribution >= 0.6 is 7.37 Å². The normalized spacial score (nSPS) is 25.6. The van der Waals surface area contributed by atoms with E-state index in [2.05, 4.69) is 11.9 Å². The first-order valence-corrected chi connectivity index (χ1v) is 6.14. The highest BCUT2D eigenvalue weighted by atomic mass is 31.2. The lowest BCUT2D eigenvalue weighted by Crippen LogP contribution is -2.48. The minimum atomic E-state index is -2.71. The fourth-order valence-corrected chi connectivity index (χ4v) is 3.37. The topological polar surface area (TPSA) is 55.4 Å². The zero-order valence-corrected chi connectivity index (χ0v) is 8.55. The Kier molecular flexibility index (Phi) is 3.28. The first kappa shape index (κ1) is 10.5. The van der Waals surface area contributed by atoms with E-state index in [-0.39, 0.29) is 11.7 Å². The molecule has 1 saturated heterocycles. The molecular formula is C8H14NO3P. The average molecular weight is 203 g/mol. The Bertz CT molecular complexity index is 256. The third kappa shape index (κ3) is 2.20. The maximum atomic E-state index is 12.0. The van der Waals surface area contributed by atoms with Gasteiger partial charge in [0.15, 0.2) is 0 Å². The quantitative estimate of drug-likeness (QED) is 0.416. The fraction of sp³-hybridized carbons (Fsp3) is 0.625. The number of hydrogen-bond acceptors (Lipinski definition) is 3. The van der Waals surface area contributed by atoms with E-state index in [0.29, 0.717) is 19.2 Å². The number of carbonyl (C=O) groups is 1. The van der Waals surface area contributed by atoms with Gasteiger partial charge in [0, 0.05) is 6.16 Å². The van der Waals surface area contributed by atoms with E-state index in [1.807, 2.05) is 0 Å². The summed E-state index contributed by atoms with van der Waals surface area (Å²) in [6, 6.07) is 0. The zero-order chi connectivity index (χ0) is 9.90. The molecule has 1 rings (SSSR count). The van der Waals surface area contributed by atoms with Crippen LogP contribution in [0.2, 0.25) is 0 Å². The van der Waals surface area contributed by atoms with Crippen molar-refractivity contribution in [1.82, 2.24) is 5.32 Å². The molecule has 0 radical (unpaired) electrons. The standard InChI is InChI=1S/C8H14NO3P/c1-3-5-13(11,12-4-2)8-6-7(10)9-8/h3,8H,1,4-6H2,2H3,(H,9,10). The van der Waals surface area contributed by atoms with Gasteiger partial charge in [0.1, 0.15) is 5.78 Å². The monoisotopic (exact) mass is 203 g/mol. The maximum absolute atomic E-state index is 12.0. The fourth-order valence-electron chi connectivity index (χ4n) is 1.25. The molecule has 13 heavy (non-hydrogen) atoms. The Hall–Kier alpha value is -0.600. The predicted octanol–water partition coefficient (Wildman–Crippen LogP) is 1.33. The Morgan fingerprint density at radius 3 is 2.85 bits per heavy atom. The first-order valence-electron chi connectivity index (χ1n) is 4.26. The van der Waals surface area contributed by atoms with Crippen molar-refractivity contribution in [3.8, 4) is 0 Å². The van der Waals surface area contributed by atoms with Gasteiger partial charge in [-0.05, 0) is 6.92 Å². The highest BCUT2D eigenvalue weighted by Crippen LogP contribution is 2.54. The summed E-state index contributed by atoms with van der Waals surface area (Å²) in [5, 5.41) is 2.58. The van der Waals surface area contributed by atoms with Crippen LogP contribution in [0.4, 0.5) is 0 Å².